The number of aromatic nitrogens is 4. The van der Waals surface area contributed by atoms with Crippen molar-refractivity contribution in [3.63, 3.8) is 0 Å². The number of aryl methyl sites for hydroxylation is 1. The highest BCUT2D eigenvalue weighted by molar-refractivity contribution is 5.96. The standard InChI is InChI=1S/C26H25N5O3/c1-15-6-4-5-7-18(15)20-14-22(20)26(32)27-17-9-10-19(21(13-17)25-28-30-31-29-25)16-8-11-23(33-2)24(12-16)34-3/h4-13,20,22H,14H2,1-3H3,(H,27,32)(H,28,29,30,31). The summed E-state index contributed by atoms with van der Waals surface area (Å²) >= 11 is 0. The molecule has 2 atom stereocenters. The molecule has 172 valence electrons. The summed E-state index contributed by atoms with van der Waals surface area (Å²) in [5.41, 5.74) is 5.68. The SMILES string of the molecule is COc1ccc(-c2ccc(NC(=O)C3CC3c3ccccc3C)cc2-c2nn[nH]n2)cc1OC. The summed E-state index contributed by atoms with van der Waals surface area (Å²) in [4.78, 5) is 13.0. The van der Waals surface area contributed by atoms with Crippen LogP contribution in [0.15, 0.2) is 60.7 Å². The van der Waals surface area contributed by atoms with E-state index in [1.54, 1.807) is 14.2 Å². The second-order valence-electron chi connectivity index (χ2n) is 8.36. The van der Waals surface area contributed by atoms with Gasteiger partial charge in [0.25, 0.3) is 0 Å². The summed E-state index contributed by atoms with van der Waals surface area (Å²) in [7, 11) is 3.20. The van der Waals surface area contributed by atoms with Crippen LogP contribution in [0.3, 0.4) is 0 Å². The highest BCUT2D eigenvalue weighted by Crippen LogP contribution is 2.49. The zero-order valence-electron chi connectivity index (χ0n) is 19.2. The third kappa shape index (κ3) is 4.10. The molecule has 0 spiro atoms. The Hall–Kier alpha value is -4.20. The van der Waals surface area contributed by atoms with Gasteiger partial charge in [-0.15, -0.1) is 10.2 Å². The van der Waals surface area contributed by atoms with Crippen LogP contribution in [-0.4, -0.2) is 40.8 Å². The molecule has 4 aromatic rings. The molecule has 34 heavy (non-hydrogen) atoms. The zero-order valence-corrected chi connectivity index (χ0v) is 19.2. The van der Waals surface area contributed by atoms with Gasteiger partial charge in [0.2, 0.25) is 11.7 Å². The second kappa shape index (κ2) is 8.97. The van der Waals surface area contributed by atoms with Crippen molar-refractivity contribution in [1.29, 1.82) is 0 Å². The molecule has 8 nitrogen and oxygen atoms in total. The predicted molar refractivity (Wildman–Crippen MR) is 129 cm³/mol. The van der Waals surface area contributed by atoms with Gasteiger partial charge in [-0.2, -0.15) is 5.21 Å². The van der Waals surface area contributed by atoms with E-state index in [1.807, 2.05) is 48.5 Å². The van der Waals surface area contributed by atoms with Crippen LogP contribution in [-0.2, 0) is 4.79 Å². The molecule has 0 aliphatic heterocycles. The number of tetrazole rings is 1. The Kier molecular flexibility index (Phi) is 5.71. The number of methoxy groups -OCH3 is 2. The topological polar surface area (TPSA) is 102 Å². The molecule has 1 aliphatic rings. The van der Waals surface area contributed by atoms with Crippen molar-refractivity contribution in [3.05, 3.63) is 71.8 Å². The molecule has 8 heteroatoms. The van der Waals surface area contributed by atoms with E-state index in [-0.39, 0.29) is 17.7 Å². The van der Waals surface area contributed by atoms with Gasteiger partial charge in [0.1, 0.15) is 0 Å². The Morgan fingerprint density at radius 3 is 2.56 bits per heavy atom. The van der Waals surface area contributed by atoms with E-state index in [4.69, 9.17) is 9.47 Å². The Bertz CT molecular complexity index is 1340. The van der Waals surface area contributed by atoms with E-state index in [0.29, 0.717) is 23.0 Å². The Morgan fingerprint density at radius 1 is 1.00 bits per heavy atom. The van der Waals surface area contributed by atoms with Crippen LogP contribution in [0.4, 0.5) is 5.69 Å². The maximum atomic E-state index is 13.0. The average molecular weight is 456 g/mol. The molecule has 0 radical (unpaired) electrons. The summed E-state index contributed by atoms with van der Waals surface area (Å²) < 4.78 is 10.8. The van der Waals surface area contributed by atoms with Gasteiger partial charge in [0.05, 0.1) is 14.2 Å². The van der Waals surface area contributed by atoms with E-state index < -0.39 is 0 Å². The van der Waals surface area contributed by atoms with Crippen molar-refractivity contribution in [2.24, 2.45) is 5.92 Å². The molecule has 0 bridgehead atoms. The highest BCUT2D eigenvalue weighted by Gasteiger charge is 2.44. The van der Waals surface area contributed by atoms with E-state index in [0.717, 1.165) is 23.1 Å². The van der Waals surface area contributed by atoms with Crippen LogP contribution in [0.1, 0.15) is 23.5 Å². The molecule has 3 aromatic carbocycles. The summed E-state index contributed by atoms with van der Waals surface area (Å²) in [5, 5.41) is 17.6. The molecule has 2 N–H and O–H groups in total. The fraction of sp³-hybridized carbons (Fsp3) is 0.231. The van der Waals surface area contributed by atoms with Crippen molar-refractivity contribution in [2.45, 2.75) is 19.3 Å². The minimum atomic E-state index is -0.0275. The maximum Gasteiger partial charge on any atom is 0.228 e. The van der Waals surface area contributed by atoms with Crippen LogP contribution >= 0.6 is 0 Å². The molecule has 1 amide bonds. The quantitative estimate of drug-likeness (QED) is 0.422. The number of aromatic amines is 1. The molecule has 1 fully saturated rings. The van der Waals surface area contributed by atoms with E-state index >= 15 is 0 Å². The van der Waals surface area contributed by atoms with Crippen molar-refractivity contribution in [1.82, 2.24) is 20.6 Å². The summed E-state index contributed by atoms with van der Waals surface area (Å²) in [6.07, 6.45) is 0.859. The lowest BCUT2D eigenvalue weighted by Crippen LogP contribution is -2.14. The lowest BCUT2D eigenvalue weighted by atomic mass is 9.98. The number of nitrogens with zero attached hydrogens (tertiary/aromatic N) is 3. The molecule has 1 heterocycles. The van der Waals surface area contributed by atoms with Gasteiger partial charge in [0.15, 0.2) is 11.5 Å². The minimum absolute atomic E-state index is 0.0196. The van der Waals surface area contributed by atoms with Crippen molar-refractivity contribution < 1.29 is 14.3 Å². The number of hydrogen-bond donors (Lipinski definition) is 2. The third-order valence-corrected chi connectivity index (χ3v) is 6.28. The van der Waals surface area contributed by atoms with E-state index in [9.17, 15) is 4.79 Å². The van der Waals surface area contributed by atoms with Crippen LogP contribution in [0.2, 0.25) is 0 Å². The number of carbonyl (C=O) groups is 1. The lowest BCUT2D eigenvalue weighted by molar-refractivity contribution is -0.117. The fourth-order valence-corrected chi connectivity index (χ4v) is 4.40. The van der Waals surface area contributed by atoms with Gasteiger partial charge in [-0.25, -0.2) is 0 Å². The molecule has 1 aliphatic carbocycles. The number of nitrogens with one attached hydrogen (secondary N) is 2. The van der Waals surface area contributed by atoms with Crippen LogP contribution < -0.4 is 14.8 Å². The van der Waals surface area contributed by atoms with Crippen LogP contribution in [0, 0.1) is 12.8 Å². The monoisotopic (exact) mass is 455 g/mol. The average Bonchev–Trinajstić information content (AvgIpc) is 3.47. The van der Waals surface area contributed by atoms with Crippen LogP contribution in [0.5, 0.6) is 11.5 Å². The van der Waals surface area contributed by atoms with Gasteiger partial charge in [-0.3, -0.25) is 4.79 Å². The zero-order chi connectivity index (χ0) is 23.7. The normalized spacial score (nSPS) is 16.7. The Morgan fingerprint density at radius 2 is 1.82 bits per heavy atom. The molecule has 1 saturated carbocycles. The van der Waals surface area contributed by atoms with Gasteiger partial charge >= 0.3 is 0 Å². The molecule has 5 rings (SSSR count). The van der Waals surface area contributed by atoms with Crippen molar-refractivity contribution in [3.8, 4) is 34.0 Å². The Balaban J connectivity index is 1.43. The third-order valence-electron chi connectivity index (χ3n) is 6.28. The smallest absolute Gasteiger partial charge is 0.228 e. The van der Waals surface area contributed by atoms with Crippen molar-refractivity contribution >= 4 is 11.6 Å². The highest BCUT2D eigenvalue weighted by atomic mass is 16.5. The van der Waals surface area contributed by atoms with Crippen molar-refractivity contribution in [2.75, 3.05) is 19.5 Å². The number of ether oxygens (including phenoxy) is 2. The maximum absolute atomic E-state index is 13.0. The summed E-state index contributed by atoms with van der Waals surface area (Å²) in [5.74, 6) is 1.96. The van der Waals surface area contributed by atoms with E-state index in [1.165, 1.54) is 11.1 Å². The minimum Gasteiger partial charge on any atom is -0.493 e. The van der Waals surface area contributed by atoms with Gasteiger partial charge in [-0.1, -0.05) is 36.4 Å². The number of amides is 1. The lowest BCUT2D eigenvalue weighted by Gasteiger charge is -2.13. The van der Waals surface area contributed by atoms with Gasteiger partial charge in [-0.05, 0) is 71.0 Å². The number of rotatable bonds is 7. The molecular weight excluding hydrogens is 430 g/mol. The molecule has 0 saturated heterocycles. The number of carbonyl (C=O) groups excluding carboxylic acids is 1. The Labute approximate surface area is 197 Å². The van der Waals surface area contributed by atoms with Gasteiger partial charge in [0, 0.05) is 17.2 Å². The number of H-pyrrole nitrogens is 1. The largest absolute Gasteiger partial charge is 0.493 e. The first-order chi connectivity index (χ1) is 16.6. The summed E-state index contributed by atoms with van der Waals surface area (Å²) in [6.45, 7) is 2.09. The first-order valence-electron chi connectivity index (χ1n) is 11.1. The number of anilines is 1. The molecule has 2 unspecified atom stereocenters. The first kappa shape index (κ1) is 21.6. The summed E-state index contributed by atoms with van der Waals surface area (Å²) in [6, 6.07) is 19.6. The molecular formula is C26H25N5O3. The second-order valence-corrected chi connectivity index (χ2v) is 8.36. The van der Waals surface area contributed by atoms with E-state index in [2.05, 4.69) is 45.0 Å². The number of benzene rings is 3. The molecule has 1 aromatic heterocycles. The fourth-order valence-electron chi connectivity index (χ4n) is 4.40. The first-order valence-corrected chi connectivity index (χ1v) is 11.1. The van der Waals surface area contributed by atoms with Gasteiger partial charge < -0.3 is 14.8 Å². The predicted octanol–water partition coefficient (Wildman–Crippen LogP) is 4.60. The number of hydrogen-bond acceptors (Lipinski definition) is 6. The van der Waals surface area contributed by atoms with Crippen LogP contribution in [0.25, 0.3) is 22.5 Å².